The Morgan fingerprint density at radius 1 is 0.943 bits per heavy atom. The average Bonchev–Trinajstić information content (AvgIpc) is 3.74. The Bertz CT molecular complexity index is 2170. The lowest BCUT2D eigenvalue weighted by molar-refractivity contribution is -0.166. The molecule has 0 bridgehead atoms. The smallest absolute Gasteiger partial charge is 0.410 e. The van der Waals surface area contributed by atoms with Gasteiger partial charge in [-0.1, -0.05) is 23.7 Å². The van der Waals surface area contributed by atoms with Gasteiger partial charge in [0.2, 0.25) is 0 Å². The summed E-state index contributed by atoms with van der Waals surface area (Å²) in [6, 6.07) is 16.8. The van der Waals surface area contributed by atoms with Crippen LogP contribution in [0.25, 0.3) is 42.8 Å². The Hall–Kier alpha value is -3.99. The minimum atomic E-state index is -0.940. The SMILES string of the molecule is CCOC(=O)[C@@H](OC(C)(C)C)c1c(C)cc2nc(-c3ccc4c(c3)c(C3CCN(C(=O)OC(C)(C)C)CC3)nn4C3CC3)sc2c1-c1ccc(Cl)cc1. The highest BCUT2D eigenvalue weighted by atomic mass is 35.5. The Morgan fingerprint density at radius 3 is 2.25 bits per heavy atom. The van der Waals surface area contributed by atoms with Crippen LogP contribution in [-0.2, 0) is 19.0 Å². The van der Waals surface area contributed by atoms with Crippen molar-refractivity contribution in [3.05, 3.63) is 70.4 Å². The molecule has 0 spiro atoms. The Balaban J connectivity index is 1.32. The standard InChI is InChI=1S/C42H49ClN4O5S/c1-9-50-39(48)36(51-41(3,4)5)33-24(2)22-31-37(34(33)25-10-13-28(43)14-11-25)53-38(44-31)27-12-17-32-30(23-27)35(45-47(32)29-15-16-29)26-18-20-46(21-19-26)40(49)52-42(6,7)8/h10-14,17,22-23,26,29,36H,9,15-16,18-21H2,1-8H3/t36-/m0/s1. The monoisotopic (exact) mass is 756 g/mol. The number of amides is 1. The maximum Gasteiger partial charge on any atom is 0.410 e. The van der Waals surface area contributed by atoms with E-state index in [1.165, 1.54) is 0 Å². The van der Waals surface area contributed by atoms with E-state index in [4.69, 9.17) is 35.9 Å². The van der Waals surface area contributed by atoms with Gasteiger partial charge in [0.25, 0.3) is 0 Å². The summed E-state index contributed by atoms with van der Waals surface area (Å²) >= 11 is 7.97. The van der Waals surface area contributed by atoms with Gasteiger partial charge in [0.1, 0.15) is 10.6 Å². The van der Waals surface area contributed by atoms with Crippen LogP contribution in [0.3, 0.4) is 0 Å². The average molecular weight is 757 g/mol. The second kappa shape index (κ2) is 14.3. The van der Waals surface area contributed by atoms with Gasteiger partial charge in [-0.2, -0.15) is 5.10 Å². The van der Waals surface area contributed by atoms with Crippen LogP contribution in [0.15, 0.2) is 48.5 Å². The first-order chi connectivity index (χ1) is 25.1. The molecule has 11 heteroatoms. The number of carbonyl (C=O) groups excluding carboxylic acids is 2. The first-order valence-corrected chi connectivity index (χ1v) is 19.8. The largest absolute Gasteiger partial charge is 0.464 e. The summed E-state index contributed by atoms with van der Waals surface area (Å²) < 4.78 is 20.9. The lowest BCUT2D eigenvalue weighted by Gasteiger charge is -2.33. The highest BCUT2D eigenvalue weighted by molar-refractivity contribution is 7.22. The van der Waals surface area contributed by atoms with Crippen LogP contribution in [0.1, 0.15) is 109 Å². The zero-order chi connectivity index (χ0) is 37.8. The third kappa shape index (κ3) is 7.96. The van der Waals surface area contributed by atoms with Crippen LogP contribution >= 0.6 is 22.9 Å². The molecule has 1 saturated heterocycles. The number of ether oxygens (including phenoxy) is 3. The molecule has 1 atom stereocenters. The van der Waals surface area contributed by atoms with Gasteiger partial charge in [0.15, 0.2) is 6.10 Å². The van der Waals surface area contributed by atoms with E-state index in [9.17, 15) is 9.59 Å². The number of esters is 1. The van der Waals surface area contributed by atoms with E-state index in [1.807, 2.05) is 77.6 Å². The molecule has 0 radical (unpaired) electrons. The van der Waals surface area contributed by atoms with Crippen molar-refractivity contribution >= 4 is 56.1 Å². The summed E-state index contributed by atoms with van der Waals surface area (Å²) in [5, 5.41) is 7.89. The van der Waals surface area contributed by atoms with Gasteiger partial charge in [-0.3, -0.25) is 4.68 Å². The molecule has 7 rings (SSSR count). The third-order valence-electron chi connectivity index (χ3n) is 9.70. The normalized spacial score (nSPS) is 16.4. The van der Waals surface area contributed by atoms with Crippen LogP contribution in [0.5, 0.6) is 0 Å². The minimum absolute atomic E-state index is 0.228. The van der Waals surface area contributed by atoms with Gasteiger partial charge in [0.05, 0.1) is 39.7 Å². The predicted octanol–water partition coefficient (Wildman–Crippen LogP) is 10.8. The molecule has 0 N–H and O–H groups in total. The van der Waals surface area contributed by atoms with E-state index in [0.29, 0.717) is 24.2 Å². The molecule has 1 aliphatic carbocycles. The van der Waals surface area contributed by atoms with Crippen LogP contribution in [0.2, 0.25) is 5.02 Å². The zero-order valence-electron chi connectivity index (χ0n) is 31.9. The number of hydrogen-bond donors (Lipinski definition) is 0. The van der Waals surface area contributed by atoms with Crippen LogP contribution < -0.4 is 0 Å². The topological polar surface area (TPSA) is 95.8 Å². The van der Waals surface area contributed by atoms with E-state index in [1.54, 1.807) is 18.3 Å². The summed E-state index contributed by atoms with van der Waals surface area (Å²) in [6.07, 6.45) is 2.72. The summed E-state index contributed by atoms with van der Waals surface area (Å²) in [7, 11) is 0. The first kappa shape index (κ1) is 37.3. The number of thiazole rings is 1. The second-order valence-corrected chi connectivity index (χ2v) is 17.7. The minimum Gasteiger partial charge on any atom is -0.464 e. The molecule has 0 unspecified atom stereocenters. The molecule has 3 aromatic carbocycles. The third-order valence-corrected chi connectivity index (χ3v) is 11.1. The quantitative estimate of drug-likeness (QED) is 0.145. The van der Waals surface area contributed by atoms with Crippen LogP contribution in [0.4, 0.5) is 4.79 Å². The number of nitrogens with zero attached hydrogens (tertiary/aromatic N) is 4. The summed E-state index contributed by atoms with van der Waals surface area (Å²) in [4.78, 5) is 33.5. The van der Waals surface area contributed by atoms with Crippen molar-refractivity contribution in [1.29, 1.82) is 0 Å². The second-order valence-electron chi connectivity index (χ2n) is 16.3. The van der Waals surface area contributed by atoms with Crippen LogP contribution in [-0.4, -0.2) is 62.6 Å². The lowest BCUT2D eigenvalue weighted by atomic mass is 9.91. The first-order valence-electron chi connectivity index (χ1n) is 18.6. The number of aryl methyl sites for hydroxylation is 1. The van der Waals surface area contributed by atoms with Gasteiger partial charge in [-0.05, 0) is 129 Å². The number of fused-ring (bicyclic) bond motifs is 2. The zero-order valence-corrected chi connectivity index (χ0v) is 33.5. The van der Waals surface area contributed by atoms with Gasteiger partial charge >= 0.3 is 12.1 Å². The molecule has 9 nitrogen and oxygen atoms in total. The number of halogens is 1. The molecule has 3 heterocycles. The van der Waals surface area contributed by atoms with Crippen molar-refractivity contribution in [2.24, 2.45) is 0 Å². The Kier molecular flexibility index (Phi) is 10.1. The van der Waals surface area contributed by atoms with E-state index >= 15 is 0 Å². The van der Waals surface area contributed by atoms with Gasteiger partial charge in [0, 0.05) is 46.1 Å². The van der Waals surface area contributed by atoms with Crippen LogP contribution in [0, 0.1) is 6.92 Å². The maximum atomic E-state index is 13.6. The number of likely N-dealkylation sites (tertiary alicyclic amines) is 1. The molecule has 280 valence electrons. The number of carbonyl (C=O) groups is 2. The van der Waals surface area contributed by atoms with E-state index in [2.05, 4.69) is 28.9 Å². The number of benzene rings is 3. The predicted molar refractivity (Wildman–Crippen MR) is 212 cm³/mol. The Morgan fingerprint density at radius 2 is 1.62 bits per heavy atom. The van der Waals surface area contributed by atoms with Crippen molar-refractivity contribution < 1.29 is 23.8 Å². The summed E-state index contributed by atoms with van der Waals surface area (Å²) in [6.45, 7) is 16.9. The van der Waals surface area contributed by atoms with Crippen molar-refractivity contribution in [2.45, 2.75) is 110 Å². The molecule has 5 aromatic rings. The van der Waals surface area contributed by atoms with Gasteiger partial charge < -0.3 is 19.1 Å². The molecule has 1 saturated carbocycles. The number of hydrogen-bond acceptors (Lipinski definition) is 8. The number of piperidine rings is 1. The fraction of sp³-hybridized carbons (Fsp3) is 0.476. The number of rotatable bonds is 8. The Labute approximate surface area is 320 Å². The van der Waals surface area contributed by atoms with Crippen molar-refractivity contribution in [1.82, 2.24) is 19.7 Å². The fourth-order valence-corrected chi connectivity index (χ4v) is 8.48. The molecule has 1 amide bonds. The highest BCUT2D eigenvalue weighted by Crippen LogP contribution is 2.46. The molecule has 2 fully saturated rings. The fourth-order valence-electron chi connectivity index (χ4n) is 7.23. The molecule has 2 aromatic heterocycles. The van der Waals surface area contributed by atoms with Gasteiger partial charge in [-0.15, -0.1) is 11.3 Å². The highest BCUT2D eigenvalue weighted by Gasteiger charge is 2.35. The lowest BCUT2D eigenvalue weighted by Crippen LogP contribution is -2.41. The maximum absolute atomic E-state index is 13.6. The van der Waals surface area contributed by atoms with Crippen molar-refractivity contribution in [3.8, 4) is 21.7 Å². The van der Waals surface area contributed by atoms with E-state index in [-0.39, 0.29) is 18.6 Å². The van der Waals surface area contributed by atoms with Crippen molar-refractivity contribution in [3.63, 3.8) is 0 Å². The number of aromatic nitrogens is 3. The van der Waals surface area contributed by atoms with E-state index < -0.39 is 23.3 Å². The molecule has 53 heavy (non-hydrogen) atoms. The molecular weight excluding hydrogens is 708 g/mol. The summed E-state index contributed by atoms with van der Waals surface area (Å²) in [5.41, 5.74) is 6.42. The van der Waals surface area contributed by atoms with Crippen molar-refractivity contribution in [2.75, 3.05) is 19.7 Å². The van der Waals surface area contributed by atoms with E-state index in [0.717, 1.165) is 85.3 Å². The summed E-state index contributed by atoms with van der Waals surface area (Å²) in [5.74, 6) is -0.196. The van der Waals surface area contributed by atoms with Gasteiger partial charge in [-0.25, -0.2) is 14.6 Å². The molecule has 1 aliphatic heterocycles. The molecular formula is C42H49ClN4O5S. The molecule has 2 aliphatic rings.